The molecule has 6 heteroatoms. The summed E-state index contributed by atoms with van der Waals surface area (Å²) >= 11 is 6.24. The number of hydrogen-bond donors (Lipinski definition) is 1. The minimum atomic E-state index is -0.345. The number of hydrogen-bond acceptors (Lipinski definition) is 2. The minimum Gasteiger partial charge on any atom is -0.342 e. The number of imidazole rings is 1. The molecule has 5 rings (SSSR count). The number of nitriles is 1. The van der Waals surface area contributed by atoms with Gasteiger partial charge in [-0.05, 0) is 36.4 Å². The van der Waals surface area contributed by atoms with Crippen LogP contribution in [0.15, 0.2) is 72.9 Å². The summed E-state index contributed by atoms with van der Waals surface area (Å²) in [5, 5.41) is 11.1. The molecule has 0 saturated carbocycles. The van der Waals surface area contributed by atoms with E-state index in [-0.39, 0.29) is 12.4 Å². The van der Waals surface area contributed by atoms with E-state index >= 15 is 0 Å². The summed E-state index contributed by atoms with van der Waals surface area (Å²) in [6.07, 6.45) is 3.72. The van der Waals surface area contributed by atoms with Crippen LogP contribution in [-0.4, -0.2) is 14.5 Å². The van der Waals surface area contributed by atoms with E-state index in [2.05, 4.69) is 16.0 Å². The predicted octanol–water partition coefficient (Wildman–Crippen LogP) is 6.42. The summed E-state index contributed by atoms with van der Waals surface area (Å²) in [6, 6.07) is 22.4. The molecule has 0 unspecified atom stereocenters. The van der Waals surface area contributed by atoms with Gasteiger partial charge in [-0.2, -0.15) is 5.26 Å². The molecule has 1 N–H and O–H groups in total. The summed E-state index contributed by atoms with van der Waals surface area (Å²) in [4.78, 5) is 7.74. The van der Waals surface area contributed by atoms with Gasteiger partial charge in [-0.15, -0.1) is 0 Å². The number of aromatic amines is 1. The molecule has 0 bridgehead atoms. The Labute approximate surface area is 182 Å². The summed E-state index contributed by atoms with van der Waals surface area (Å²) in [7, 11) is 0. The lowest BCUT2D eigenvalue weighted by Crippen LogP contribution is -2.01. The molecule has 0 aliphatic rings. The third-order valence-corrected chi connectivity index (χ3v) is 5.63. The number of rotatable bonds is 4. The quantitative estimate of drug-likeness (QED) is 0.337. The third kappa shape index (κ3) is 3.48. The molecule has 3 aromatic carbocycles. The van der Waals surface area contributed by atoms with Crippen LogP contribution < -0.4 is 0 Å². The van der Waals surface area contributed by atoms with Crippen molar-refractivity contribution >= 4 is 45.2 Å². The predicted molar refractivity (Wildman–Crippen MR) is 122 cm³/mol. The molecule has 0 atom stereocenters. The molecule has 5 aromatic rings. The average molecular weight is 427 g/mol. The van der Waals surface area contributed by atoms with Gasteiger partial charge in [0.05, 0.1) is 23.2 Å². The van der Waals surface area contributed by atoms with Gasteiger partial charge in [0.25, 0.3) is 0 Å². The molecule has 150 valence electrons. The van der Waals surface area contributed by atoms with E-state index in [0.717, 1.165) is 27.5 Å². The van der Waals surface area contributed by atoms with Crippen LogP contribution in [0.2, 0.25) is 5.02 Å². The third-order valence-electron chi connectivity index (χ3n) is 5.27. The van der Waals surface area contributed by atoms with Crippen molar-refractivity contribution in [1.29, 1.82) is 5.26 Å². The fraction of sp³-hybridized carbons (Fsp3) is 0.0400. The second-order valence-electron chi connectivity index (χ2n) is 7.20. The van der Waals surface area contributed by atoms with E-state index in [1.165, 1.54) is 6.07 Å². The first-order valence-corrected chi connectivity index (χ1v) is 10.1. The van der Waals surface area contributed by atoms with Crippen molar-refractivity contribution in [3.8, 4) is 6.07 Å². The second kappa shape index (κ2) is 7.75. The zero-order chi connectivity index (χ0) is 21.4. The van der Waals surface area contributed by atoms with Gasteiger partial charge in [-0.3, -0.25) is 0 Å². The maximum atomic E-state index is 14.4. The highest BCUT2D eigenvalue weighted by atomic mass is 35.5. The summed E-state index contributed by atoms with van der Waals surface area (Å²) < 4.78 is 16.3. The van der Waals surface area contributed by atoms with Gasteiger partial charge in [0.15, 0.2) is 0 Å². The fourth-order valence-corrected chi connectivity index (χ4v) is 3.99. The highest BCUT2D eigenvalue weighted by Crippen LogP contribution is 2.28. The zero-order valence-electron chi connectivity index (χ0n) is 16.3. The Hall–Kier alpha value is -3.88. The minimum absolute atomic E-state index is 0.284. The Kier molecular flexibility index (Phi) is 4.78. The Morgan fingerprint density at radius 2 is 1.90 bits per heavy atom. The van der Waals surface area contributed by atoms with Crippen molar-refractivity contribution in [3.63, 3.8) is 0 Å². The first kappa shape index (κ1) is 19.1. The number of benzene rings is 3. The number of aromatic nitrogens is 3. The number of para-hydroxylation sites is 3. The summed E-state index contributed by atoms with van der Waals surface area (Å²) in [5.41, 5.74) is 4.29. The highest BCUT2D eigenvalue weighted by Gasteiger charge is 2.14. The first-order valence-electron chi connectivity index (χ1n) is 9.72. The van der Waals surface area contributed by atoms with E-state index in [0.29, 0.717) is 22.0 Å². The van der Waals surface area contributed by atoms with Crippen LogP contribution in [-0.2, 0) is 6.54 Å². The second-order valence-corrected chi connectivity index (χ2v) is 7.61. The smallest absolute Gasteiger partial charge is 0.149 e. The van der Waals surface area contributed by atoms with E-state index in [4.69, 9.17) is 11.6 Å². The maximum absolute atomic E-state index is 14.4. The van der Waals surface area contributed by atoms with Crippen LogP contribution in [0, 0.1) is 17.1 Å². The maximum Gasteiger partial charge on any atom is 0.149 e. The molecule has 0 aliphatic heterocycles. The van der Waals surface area contributed by atoms with Crippen molar-refractivity contribution in [3.05, 3.63) is 101 Å². The largest absolute Gasteiger partial charge is 0.342 e. The number of allylic oxidation sites excluding steroid dienone is 1. The Balaban J connectivity index is 1.62. The number of fused-ring (bicyclic) bond motifs is 2. The van der Waals surface area contributed by atoms with Gasteiger partial charge in [0, 0.05) is 33.2 Å². The SMILES string of the molecule is N#C/C(=C\c1cn(Cc2c(F)cccc2Cl)c2ccccc12)c1nc2ccccc2[nH]1. The van der Waals surface area contributed by atoms with Crippen molar-refractivity contribution < 1.29 is 4.39 Å². The highest BCUT2D eigenvalue weighted by molar-refractivity contribution is 6.31. The van der Waals surface area contributed by atoms with Gasteiger partial charge in [0.2, 0.25) is 0 Å². The molecular weight excluding hydrogens is 411 g/mol. The van der Waals surface area contributed by atoms with Gasteiger partial charge in [-0.25, -0.2) is 9.37 Å². The molecule has 2 aromatic heterocycles. The molecule has 0 spiro atoms. The lowest BCUT2D eigenvalue weighted by Gasteiger charge is -2.08. The topological polar surface area (TPSA) is 57.4 Å². The van der Waals surface area contributed by atoms with E-state index < -0.39 is 0 Å². The number of nitrogens with one attached hydrogen (secondary N) is 1. The number of halogens is 2. The van der Waals surface area contributed by atoms with E-state index in [1.54, 1.807) is 18.2 Å². The molecule has 0 amide bonds. The molecule has 0 radical (unpaired) electrons. The fourth-order valence-electron chi connectivity index (χ4n) is 3.76. The van der Waals surface area contributed by atoms with Crippen LogP contribution in [0.5, 0.6) is 0 Å². The number of H-pyrrole nitrogens is 1. The molecule has 4 nitrogen and oxygen atoms in total. The zero-order valence-corrected chi connectivity index (χ0v) is 17.1. The van der Waals surface area contributed by atoms with Crippen molar-refractivity contribution in [2.45, 2.75) is 6.54 Å². The lowest BCUT2D eigenvalue weighted by atomic mass is 10.1. The Morgan fingerprint density at radius 3 is 2.71 bits per heavy atom. The first-order chi connectivity index (χ1) is 15.1. The van der Waals surface area contributed by atoms with E-state index in [1.807, 2.05) is 59.3 Å². The molecular formula is C25H16ClFN4. The van der Waals surface area contributed by atoms with Gasteiger partial charge >= 0.3 is 0 Å². The Bertz CT molecular complexity index is 1450. The molecule has 0 fully saturated rings. The van der Waals surface area contributed by atoms with Gasteiger partial charge in [-0.1, -0.05) is 48.0 Å². The molecule has 0 aliphatic carbocycles. The normalized spacial score (nSPS) is 11.8. The molecule has 0 saturated heterocycles. The standard InChI is InChI=1S/C25H16ClFN4/c26-20-7-5-8-21(27)19(20)15-31-14-17(18-6-1-4-11-24(18)31)12-16(13-28)25-29-22-9-2-3-10-23(22)30-25/h1-12,14H,15H2,(H,29,30)/b16-12+. The van der Waals surface area contributed by atoms with Crippen LogP contribution >= 0.6 is 11.6 Å². The molecule has 31 heavy (non-hydrogen) atoms. The number of nitrogens with zero attached hydrogens (tertiary/aromatic N) is 3. The van der Waals surface area contributed by atoms with Gasteiger partial charge in [0.1, 0.15) is 17.7 Å². The molecule has 2 heterocycles. The van der Waals surface area contributed by atoms with Crippen molar-refractivity contribution in [2.75, 3.05) is 0 Å². The lowest BCUT2D eigenvalue weighted by molar-refractivity contribution is 0.602. The summed E-state index contributed by atoms with van der Waals surface area (Å²) in [6.45, 7) is 0.284. The summed E-state index contributed by atoms with van der Waals surface area (Å²) in [5.74, 6) is 0.167. The van der Waals surface area contributed by atoms with Crippen LogP contribution in [0.3, 0.4) is 0 Å². The van der Waals surface area contributed by atoms with Crippen LogP contribution in [0.25, 0.3) is 33.6 Å². The van der Waals surface area contributed by atoms with E-state index in [9.17, 15) is 9.65 Å². The van der Waals surface area contributed by atoms with Crippen LogP contribution in [0.4, 0.5) is 4.39 Å². The monoisotopic (exact) mass is 426 g/mol. The van der Waals surface area contributed by atoms with Crippen LogP contribution in [0.1, 0.15) is 17.0 Å². The van der Waals surface area contributed by atoms with Crippen molar-refractivity contribution in [1.82, 2.24) is 14.5 Å². The Morgan fingerprint density at radius 1 is 1.10 bits per heavy atom. The van der Waals surface area contributed by atoms with Crippen molar-refractivity contribution in [2.24, 2.45) is 0 Å². The van der Waals surface area contributed by atoms with Gasteiger partial charge < -0.3 is 9.55 Å². The average Bonchev–Trinajstić information content (AvgIpc) is 3.36.